The Kier molecular flexibility index (Phi) is 3.64. The van der Waals surface area contributed by atoms with E-state index in [0.717, 1.165) is 21.5 Å². The monoisotopic (exact) mass is 386 g/mol. The summed E-state index contributed by atoms with van der Waals surface area (Å²) in [6.45, 7) is 0.275. The summed E-state index contributed by atoms with van der Waals surface area (Å²) < 4.78 is 33.7. The molecule has 0 amide bonds. The average molecular weight is 386 g/mol. The van der Waals surface area contributed by atoms with Gasteiger partial charge in [-0.1, -0.05) is 12.1 Å². The van der Waals surface area contributed by atoms with Crippen molar-refractivity contribution in [3.63, 3.8) is 0 Å². The van der Waals surface area contributed by atoms with E-state index in [0.29, 0.717) is 0 Å². The van der Waals surface area contributed by atoms with Crippen molar-refractivity contribution >= 4 is 28.5 Å². The molecule has 2 aromatic rings. The van der Waals surface area contributed by atoms with Gasteiger partial charge in [0, 0.05) is 3.57 Å². The maximum Gasteiger partial charge on any atom is 0.223 e. The number of hydrogen-bond acceptors (Lipinski definition) is 3. The summed E-state index contributed by atoms with van der Waals surface area (Å²) in [5.41, 5.74) is 0.698. The van der Waals surface area contributed by atoms with Crippen molar-refractivity contribution in [2.75, 3.05) is 6.61 Å². The minimum absolute atomic E-state index is 0.00838. The van der Waals surface area contributed by atoms with E-state index in [4.69, 9.17) is 4.74 Å². The van der Waals surface area contributed by atoms with Crippen LogP contribution >= 0.6 is 22.6 Å². The maximum absolute atomic E-state index is 13.6. The SMILES string of the molecule is Fc1cncc(F)c1C1=NC(c2ccc(I)cc2)CO1. The minimum Gasteiger partial charge on any atom is -0.475 e. The highest BCUT2D eigenvalue weighted by Gasteiger charge is 2.26. The van der Waals surface area contributed by atoms with E-state index in [9.17, 15) is 8.78 Å². The van der Waals surface area contributed by atoms with Crippen LogP contribution in [0.2, 0.25) is 0 Å². The molecule has 0 spiro atoms. The molecule has 1 aromatic carbocycles. The lowest BCUT2D eigenvalue weighted by Gasteiger charge is -2.04. The first kappa shape index (κ1) is 13.4. The number of rotatable bonds is 2. The molecule has 2 heterocycles. The first-order chi connectivity index (χ1) is 9.65. The lowest BCUT2D eigenvalue weighted by Crippen LogP contribution is -2.08. The summed E-state index contributed by atoms with van der Waals surface area (Å²) in [7, 11) is 0. The largest absolute Gasteiger partial charge is 0.475 e. The Morgan fingerprint density at radius 1 is 1.10 bits per heavy atom. The predicted molar refractivity (Wildman–Crippen MR) is 78.5 cm³/mol. The highest BCUT2D eigenvalue weighted by molar-refractivity contribution is 14.1. The summed E-state index contributed by atoms with van der Waals surface area (Å²) in [6, 6.07) is 7.53. The van der Waals surface area contributed by atoms with Gasteiger partial charge in [0.15, 0.2) is 11.6 Å². The summed E-state index contributed by atoms with van der Waals surface area (Å²) in [4.78, 5) is 7.71. The number of nitrogens with zero attached hydrogens (tertiary/aromatic N) is 2. The van der Waals surface area contributed by atoms with Crippen molar-refractivity contribution in [3.8, 4) is 0 Å². The van der Waals surface area contributed by atoms with Gasteiger partial charge in [0.05, 0.1) is 12.4 Å². The van der Waals surface area contributed by atoms with E-state index in [1.165, 1.54) is 0 Å². The quantitative estimate of drug-likeness (QED) is 0.741. The van der Waals surface area contributed by atoms with E-state index in [2.05, 4.69) is 32.6 Å². The van der Waals surface area contributed by atoms with Crippen molar-refractivity contribution in [2.24, 2.45) is 4.99 Å². The van der Waals surface area contributed by atoms with Crippen molar-refractivity contribution in [1.82, 2.24) is 4.98 Å². The third kappa shape index (κ3) is 2.52. The maximum atomic E-state index is 13.6. The van der Waals surface area contributed by atoms with Crippen LogP contribution in [0.5, 0.6) is 0 Å². The second-order valence-electron chi connectivity index (χ2n) is 4.29. The number of ether oxygens (including phenoxy) is 1. The number of benzene rings is 1. The fourth-order valence-electron chi connectivity index (χ4n) is 1.98. The van der Waals surface area contributed by atoms with E-state index < -0.39 is 11.6 Å². The molecule has 102 valence electrons. The van der Waals surface area contributed by atoms with Gasteiger partial charge in [0.25, 0.3) is 0 Å². The third-order valence-corrected chi connectivity index (χ3v) is 3.69. The smallest absolute Gasteiger partial charge is 0.223 e. The summed E-state index contributed by atoms with van der Waals surface area (Å²) >= 11 is 2.21. The van der Waals surface area contributed by atoms with Gasteiger partial charge < -0.3 is 4.74 Å². The first-order valence-electron chi connectivity index (χ1n) is 5.90. The zero-order valence-corrected chi connectivity index (χ0v) is 12.3. The van der Waals surface area contributed by atoms with Crippen molar-refractivity contribution in [1.29, 1.82) is 0 Å². The van der Waals surface area contributed by atoms with Gasteiger partial charge >= 0.3 is 0 Å². The second-order valence-corrected chi connectivity index (χ2v) is 5.54. The number of pyridine rings is 1. The molecule has 1 aromatic heterocycles. The van der Waals surface area contributed by atoms with Gasteiger partial charge in [0.1, 0.15) is 18.2 Å². The highest BCUT2D eigenvalue weighted by Crippen LogP contribution is 2.27. The van der Waals surface area contributed by atoms with Gasteiger partial charge in [-0.2, -0.15) is 0 Å². The number of hydrogen-bond donors (Lipinski definition) is 0. The van der Waals surface area contributed by atoms with Gasteiger partial charge in [-0.3, -0.25) is 4.98 Å². The molecule has 0 aliphatic carbocycles. The van der Waals surface area contributed by atoms with Gasteiger partial charge in [-0.15, -0.1) is 0 Å². The molecule has 1 unspecified atom stereocenters. The fraction of sp³-hybridized carbons (Fsp3) is 0.143. The lowest BCUT2D eigenvalue weighted by atomic mass is 10.1. The summed E-state index contributed by atoms with van der Waals surface area (Å²) in [5.74, 6) is -1.55. The van der Waals surface area contributed by atoms with Gasteiger partial charge in [0.2, 0.25) is 5.90 Å². The molecule has 3 rings (SSSR count). The molecule has 0 bridgehead atoms. The number of halogens is 3. The zero-order chi connectivity index (χ0) is 14.1. The standard InChI is InChI=1S/C14H9F2IN2O/c15-10-5-18-6-11(16)13(10)14-19-12(7-20-14)8-1-3-9(17)4-2-8/h1-6,12H,7H2. The van der Waals surface area contributed by atoms with Crippen LogP contribution in [-0.2, 0) is 4.74 Å². The first-order valence-corrected chi connectivity index (χ1v) is 6.98. The molecule has 0 N–H and O–H groups in total. The molecule has 1 atom stereocenters. The Morgan fingerprint density at radius 3 is 2.40 bits per heavy atom. The van der Waals surface area contributed by atoms with Crippen LogP contribution in [0.3, 0.4) is 0 Å². The van der Waals surface area contributed by atoms with E-state index in [1.807, 2.05) is 24.3 Å². The van der Waals surface area contributed by atoms with Crippen LogP contribution in [0.1, 0.15) is 17.2 Å². The van der Waals surface area contributed by atoms with Crippen LogP contribution in [0, 0.1) is 15.2 Å². The van der Waals surface area contributed by atoms with Crippen LogP contribution in [0.4, 0.5) is 8.78 Å². The zero-order valence-electron chi connectivity index (χ0n) is 10.2. The molecule has 6 heteroatoms. The lowest BCUT2D eigenvalue weighted by molar-refractivity contribution is 0.317. The molecule has 0 saturated heterocycles. The molecular formula is C14H9F2IN2O. The Labute approximate surface area is 127 Å². The molecule has 0 radical (unpaired) electrons. The number of aromatic nitrogens is 1. The molecule has 1 aliphatic rings. The van der Waals surface area contributed by atoms with E-state index >= 15 is 0 Å². The Balaban J connectivity index is 1.94. The van der Waals surface area contributed by atoms with Crippen molar-refractivity contribution < 1.29 is 13.5 Å². The molecule has 0 fully saturated rings. The summed E-state index contributed by atoms with van der Waals surface area (Å²) in [5, 5.41) is 0. The van der Waals surface area contributed by atoms with Crippen LogP contribution < -0.4 is 0 Å². The Morgan fingerprint density at radius 2 is 1.75 bits per heavy atom. The Hall–Kier alpha value is -1.57. The van der Waals surface area contributed by atoms with Gasteiger partial charge in [-0.05, 0) is 40.3 Å². The van der Waals surface area contributed by atoms with Gasteiger partial charge in [-0.25, -0.2) is 13.8 Å². The molecular weight excluding hydrogens is 377 g/mol. The van der Waals surface area contributed by atoms with Crippen LogP contribution in [0.15, 0.2) is 41.7 Å². The normalized spacial score (nSPS) is 17.8. The van der Waals surface area contributed by atoms with E-state index in [-0.39, 0.29) is 24.1 Å². The molecule has 1 aliphatic heterocycles. The molecule has 0 saturated carbocycles. The summed E-state index contributed by atoms with van der Waals surface area (Å²) in [6.07, 6.45) is 1.89. The number of aliphatic imine (C=N–C) groups is 1. The van der Waals surface area contributed by atoms with Crippen molar-refractivity contribution in [2.45, 2.75) is 6.04 Å². The fourth-order valence-corrected chi connectivity index (χ4v) is 2.34. The third-order valence-electron chi connectivity index (χ3n) is 2.97. The average Bonchev–Trinajstić information content (AvgIpc) is 2.89. The minimum atomic E-state index is -0.771. The highest BCUT2D eigenvalue weighted by atomic mass is 127. The predicted octanol–water partition coefficient (Wildman–Crippen LogP) is 3.48. The topological polar surface area (TPSA) is 34.5 Å². The van der Waals surface area contributed by atoms with Crippen LogP contribution in [-0.4, -0.2) is 17.5 Å². The van der Waals surface area contributed by atoms with Crippen LogP contribution in [0.25, 0.3) is 0 Å². The Bertz CT molecular complexity index is 653. The molecule has 3 nitrogen and oxygen atoms in total. The van der Waals surface area contributed by atoms with E-state index in [1.54, 1.807) is 0 Å². The molecule has 20 heavy (non-hydrogen) atoms. The van der Waals surface area contributed by atoms with Crippen molar-refractivity contribution in [3.05, 3.63) is 63.0 Å². The second kappa shape index (κ2) is 5.43.